The quantitative estimate of drug-likeness (QED) is 0.753. The van der Waals surface area contributed by atoms with Crippen molar-refractivity contribution in [2.45, 2.75) is 31.7 Å². The normalized spacial score (nSPS) is 10.7. The number of fused-ring (bicyclic) bond motifs is 1. The summed E-state index contributed by atoms with van der Waals surface area (Å²) in [5.74, 6) is 0. The number of aromatic nitrogens is 4. The van der Waals surface area contributed by atoms with Gasteiger partial charge in [0.25, 0.3) is 0 Å². The summed E-state index contributed by atoms with van der Waals surface area (Å²) < 4.78 is 1.88. The van der Waals surface area contributed by atoms with Gasteiger partial charge in [-0.25, -0.2) is 4.98 Å². The van der Waals surface area contributed by atoms with Gasteiger partial charge in [-0.3, -0.25) is 4.68 Å². The van der Waals surface area contributed by atoms with Crippen LogP contribution >= 0.6 is 0 Å². The van der Waals surface area contributed by atoms with Crippen molar-refractivity contribution in [2.24, 2.45) is 0 Å². The van der Waals surface area contributed by atoms with Crippen LogP contribution in [0.2, 0.25) is 0 Å². The average molecular weight is 304 g/mol. The SMILES string of the molecule is N#CCCC(CCC#N)n1cc(-c2ccnc3[nH]ccc23)cn1. The van der Waals surface area contributed by atoms with Crippen LogP contribution in [-0.2, 0) is 0 Å². The van der Waals surface area contributed by atoms with Crippen LogP contribution in [-0.4, -0.2) is 19.7 Å². The topological polar surface area (TPSA) is 94.1 Å². The zero-order valence-corrected chi connectivity index (χ0v) is 12.6. The Bertz CT molecular complexity index is 858. The Morgan fingerprint density at radius 1 is 1.17 bits per heavy atom. The number of aromatic amines is 1. The fourth-order valence-electron chi connectivity index (χ4n) is 2.76. The highest BCUT2D eigenvalue weighted by Crippen LogP contribution is 2.28. The zero-order chi connectivity index (χ0) is 16.1. The lowest BCUT2D eigenvalue weighted by molar-refractivity contribution is 0.407. The molecule has 0 aliphatic heterocycles. The second kappa shape index (κ2) is 6.76. The monoisotopic (exact) mass is 304 g/mol. The Kier molecular flexibility index (Phi) is 4.35. The molecule has 1 N–H and O–H groups in total. The van der Waals surface area contributed by atoms with E-state index in [4.69, 9.17) is 10.5 Å². The highest BCUT2D eigenvalue weighted by Gasteiger charge is 2.14. The van der Waals surface area contributed by atoms with Crippen molar-refractivity contribution >= 4 is 11.0 Å². The number of rotatable bonds is 6. The number of pyridine rings is 1. The molecule has 3 rings (SSSR count). The summed E-state index contributed by atoms with van der Waals surface area (Å²) in [5.41, 5.74) is 2.93. The van der Waals surface area contributed by atoms with Gasteiger partial charge in [-0.05, 0) is 30.5 Å². The van der Waals surface area contributed by atoms with Gasteiger partial charge in [0.15, 0.2) is 0 Å². The molecule has 0 aromatic carbocycles. The molecule has 0 amide bonds. The molecular weight excluding hydrogens is 288 g/mol. The lowest BCUT2D eigenvalue weighted by Crippen LogP contribution is -2.09. The van der Waals surface area contributed by atoms with E-state index < -0.39 is 0 Å². The smallest absolute Gasteiger partial charge is 0.137 e. The molecule has 3 heterocycles. The first kappa shape index (κ1) is 14.8. The van der Waals surface area contributed by atoms with E-state index >= 15 is 0 Å². The fourth-order valence-corrected chi connectivity index (χ4v) is 2.76. The van der Waals surface area contributed by atoms with Gasteiger partial charge < -0.3 is 4.98 Å². The van der Waals surface area contributed by atoms with E-state index in [1.807, 2.05) is 35.4 Å². The molecule has 0 spiro atoms. The molecule has 3 aromatic heterocycles. The van der Waals surface area contributed by atoms with Crippen molar-refractivity contribution in [3.05, 3.63) is 36.9 Å². The largest absolute Gasteiger partial charge is 0.346 e. The van der Waals surface area contributed by atoms with Crippen molar-refractivity contribution in [3.63, 3.8) is 0 Å². The minimum Gasteiger partial charge on any atom is -0.346 e. The predicted octanol–water partition coefficient (Wildman–Crippen LogP) is 3.58. The molecule has 0 aliphatic rings. The van der Waals surface area contributed by atoms with Crippen LogP contribution in [0, 0.1) is 22.7 Å². The molecule has 0 atom stereocenters. The summed E-state index contributed by atoms with van der Waals surface area (Å²) in [7, 11) is 0. The molecule has 0 saturated heterocycles. The molecular formula is C17H16N6. The molecule has 23 heavy (non-hydrogen) atoms. The third-order valence-corrected chi connectivity index (χ3v) is 3.93. The summed E-state index contributed by atoms with van der Waals surface area (Å²) in [6.07, 6.45) is 9.78. The molecule has 0 aliphatic carbocycles. The molecule has 6 nitrogen and oxygen atoms in total. The first-order valence-electron chi connectivity index (χ1n) is 7.54. The third-order valence-electron chi connectivity index (χ3n) is 3.93. The Hall–Kier alpha value is -3.12. The van der Waals surface area contributed by atoms with Gasteiger partial charge in [0.05, 0.1) is 24.4 Å². The maximum atomic E-state index is 8.81. The van der Waals surface area contributed by atoms with Crippen LogP contribution in [0.5, 0.6) is 0 Å². The van der Waals surface area contributed by atoms with Gasteiger partial charge >= 0.3 is 0 Å². The third kappa shape index (κ3) is 3.07. The molecule has 114 valence electrons. The number of nitrogens with one attached hydrogen (secondary N) is 1. The van der Waals surface area contributed by atoms with Crippen LogP contribution in [0.15, 0.2) is 36.9 Å². The van der Waals surface area contributed by atoms with Crippen molar-refractivity contribution < 1.29 is 0 Å². The standard InChI is InChI=1S/C17H16N6/c18-7-1-3-14(4-2-8-19)23-12-13(11-22-23)15-5-9-20-17-16(15)6-10-21-17/h5-6,9-12,14H,1-4H2,(H,20,21). The van der Waals surface area contributed by atoms with Crippen LogP contribution in [0.3, 0.4) is 0 Å². The van der Waals surface area contributed by atoms with E-state index in [-0.39, 0.29) is 6.04 Å². The molecule has 0 unspecified atom stereocenters. The molecule has 0 fully saturated rings. The van der Waals surface area contributed by atoms with E-state index in [2.05, 4.69) is 27.2 Å². The van der Waals surface area contributed by atoms with Gasteiger partial charge in [0.1, 0.15) is 5.65 Å². The van der Waals surface area contributed by atoms with Crippen LogP contribution in [0.25, 0.3) is 22.2 Å². The van der Waals surface area contributed by atoms with E-state index in [1.54, 1.807) is 6.20 Å². The predicted molar refractivity (Wildman–Crippen MR) is 86.0 cm³/mol. The minimum absolute atomic E-state index is 0.0756. The first-order chi connectivity index (χ1) is 11.3. The van der Waals surface area contributed by atoms with E-state index in [0.29, 0.717) is 25.7 Å². The van der Waals surface area contributed by atoms with Crippen molar-refractivity contribution in [3.8, 4) is 23.3 Å². The summed E-state index contributed by atoms with van der Waals surface area (Å²) >= 11 is 0. The number of nitrogens with zero attached hydrogens (tertiary/aromatic N) is 5. The Balaban J connectivity index is 1.91. The van der Waals surface area contributed by atoms with Gasteiger partial charge in [-0.2, -0.15) is 15.6 Å². The maximum absolute atomic E-state index is 8.81. The summed E-state index contributed by atoms with van der Waals surface area (Å²) in [4.78, 5) is 7.40. The highest BCUT2D eigenvalue weighted by molar-refractivity contribution is 5.92. The molecule has 3 aromatic rings. The zero-order valence-electron chi connectivity index (χ0n) is 12.6. The average Bonchev–Trinajstić information content (AvgIpc) is 3.24. The molecule has 0 saturated carbocycles. The van der Waals surface area contributed by atoms with Crippen molar-refractivity contribution in [2.75, 3.05) is 0 Å². The maximum Gasteiger partial charge on any atom is 0.137 e. The van der Waals surface area contributed by atoms with Gasteiger partial charge in [0.2, 0.25) is 0 Å². The lowest BCUT2D eigenvalue weighted by atomic mass is 10.1. The number of hydrogen-bond acceptors (Lipinski definition) is 4. The van der Waals surface area contributed by atoms with Crippen LogP contribution < -0.4 is 0 Å². The number of nitriles is 2. The Morgan fingerprint density at radius 3 is 2.70 bits per heavy atom. The molecule has 6 heteroatoms. The van der Waals surface area contributed by atoms with E-state index in [9.17, 15) is 0 Å². The van der Waals surface area contributed by atoms with E-state index in [0.717, 1.165) is 22.2 Å². The number of H-pyrrole nitrogens is 1. The number of hydrogen-bond donors (Lipinski definition) is 1. The summed E-state index contributed by atoms with van der Waals surface area (Å²) in [5, 5.41) is 23.1. The van der Waals surface area contributed by atoms with E-state index in [1.165, 1.54) is 0 Å². The van der Waals surface area contributed by atoms with Crippen molar-refractivity contribution in [1.82, 2.24) is 19.7 Å². The fraction of sp³-hybridized carbons (Fsp3) is 0.294. The van der Waals surface area contributed by atoms with Gasteiger partial charge in [0, 0.05) is 42.4 Å². The highest BCUT2D eigenvalue weighted by atomic mass is 15.3. The van der Waals surface area contributed by atoms with Crippen LogP contribution in [0.1, 0.15) is 31.7 Å². The Morgan fingerprint density at radius 2 is 1.96 bits per heavy atom. The van der Waals surface area contributed by atoms with Crippen LogP contribution in [0.4, 0.5) is 0 Å². The second-order valence-corrected chi connectivity index (χ2v) is 5.35. The van der Waals surface area contributed by atoms with Crippen molar-refractivity contribution in [1.29, 1.82) is 10.5 Å². The lowest BCUT2D eigenvalue weighted by Gasteiger charge is -2.14. The first-order valence-corrected chi connectivity index (χ1v) is 7.54. The second-order valence-electron chi connectivity index (χ2n) is 5.35. The molecule has 0 bridgehead atoms. The van der Waals surface area contributed by atoms with Gasteiger partial charge in [-0.1, -0.05) is 0 Å². The summed E-state index contributed by atoms with van der Waals surface area (Å²) in [6.45, 7) is 0. The Labute approximate surface area is 134 Å². The summed E-state index contributed by atoms with van der Waals surface area (Å²) in [6, 6.07) is 8.38. The molecule has 0 radical (unpaired) electrons. The van der Waals surface area contributed by atoms with Gasteiger partial charge in [-0.15, -0.1) is 0 Å². The minimum atomic E-state index is 0.0756.